The van der Waals surface area contributed by atoms with Crippen molar-refractivity contribution in [2.75, 3.05) is 5.32 Å². The van der Waals surface area contributed by atoms with E-state index in [4.69, 9.17) is 0 Å². The lowest BCUT2D eigenvalue weighted by molar-refractivity contribution is 0.102. The van der Waals surface area contributed by atoms with Crippen molar-refractivity contribution in [2.24, 2.45) is 0 Å². The molecule has 33 heavy (non-hydrogen) atoms. The average molecular weight is 456 g/mol. The molecule has 1 heterocycles. The highest BCUT2D eigenvalue weighted by molar-refractivity contribution is 7.99. The van der Waals surface area contributed by atoms with Crippen LogP contribution in [0.3, 0.4) is 0 Å². The molecule has 0 saturated carbocycles. The molecule has 1 N–H and O–H groups in total. The van der Waals surface area contributed by atoms with Gasteiger partial charge >= 0.3 is 0 Å². The smallest absolute Gasteiger partial charge is 0.271 e. The van der Waals surface area contributed by atoms with E-state index >= 15 is 0 Å². The molecule has 0 spiro atoms. The second-order valence-electron chi connectivity index (χ2n) is 8.11. The molecule has 0 bridgehead atoms. The summed E-state index contributed by atoms with van der Waals surface area (Å²) in [7, 11) is 0. The first-order chi connectivity index (χ1) is 15.9. The van der Waals surface area contributed by atoms with Crippen molar-refractivity contribution in [2.45, 2.75) is 36.6 Å². The molecule has 4 aromatic rings. The van der Waals surface area contributed by atoms with Gasteiger partial charge in [-0.15, -0.1) is 0 Å². The van der Waals surface area contributed by atoms with Gasteiger partial charge in [0.05, 0.1) is 5.69 Å². The summed E-state index contributed by atoms with van der Waals surface area (Å²) in [6.07, 6.45) is 0. The highest BCUT2D eigenvalue weighted by Gasteiger charge is 2.09. The van der Waals surface area contributed by atoms with E-state index in [1.807, 2.05) is 55.5 Å². The normalized spacial score (nSPS) is 10.9. The molecule has 1 aromatic heterocycles. The van der Waals surface area contributed by atoms with Gasteiger partial charge in [-0.1, -0.05) is 55.4 Å². The minimum atomic E-state index is -0.231. The fourth-order valence-electron chi connectivity index (χ4n) is 3.27. The zero-order valence-corrected chi connectivity index (χ0v) is 19.6. The van der Waals surface area contributed by atoms with Crippen LogP contribution in [0.25, 0.3) is 5.69 Å². The zero-order chi connectivity index (χ0) is 23.4. The predicted molar refractivity (Wildman–Crippen MR) is 134 cm³/mol. The molecular formula is C27H25N3O2S. The Morgan fingerprint density at radius 3 is 2.18 bits per heavy atom. The number of carbonyl (C=O) groups is 1. The number of hydrogen-bond acceptors (Lipinski definition) is 4. The van der Waals surface area contributed by atoms with Crippen LogP contribution in [0, 0.1) is 6.92 Å². The van der Waals surface area contributed by atoms with Gasteiger partial charge in [0.15, 0.2) is 0 Å². The van der Waals surface area contributed by atoms with Gasteiger partial charge in [0.1, 0.15) is 5.03 Å². The monoisotopic (exact) mass is 455 g/mol. The molecule has 4 rings (SSSR count). The molecule has 0 aliphatic rings. The molecule has 0 aliphatic heterocycles. The van der Waals surface area contributed by atoms with Crippen LogP contribution < -0.4 is 10.9 Å². The third-order valence-electron chi connectivity index (χ3n) is 5.23. The summed E-state index contributed by atoms with van der Waals surface area (Å²) >= 11 is 1.49. The fourth-order valence-corrected chi connectivity index (χ4v) is 4.04. The molecule has 6 heteroatoms. The summed E-state index contributed by atoms with van der Waals surface area (Å²) in [4.78, 5) is 26.1. The highest BCUT2D eigenvalue weighted by atomic mass is 32.2. The van der Waals surface area contributed by atoms with Crippen LogP contribution in [-0.4, -0.2) is 15.7 Å². The van der Waals surface area contributed by atoms with E-state index in [1.54, 1.807) is 30.3 Å². The summed E-state index contributed by atoms with van der Waals surface area (Å²) in [5.74, 6) is 0.232. The Balaban J connectivity index is 1.49. The first-order valence-electron chi connectivity index (χ1n) is 10.8. The number of rotatable bonds is 6. The van der Waals surface area contributed by atoms with E-state index in [1.165, 1.54) is 33.6 Å². The standard InChI is InChI=1S/C27H25N3O2S/c1-18(2)20-6-10-22(11-7-20)28-27(32)21-8-12-23(13-9-21)30-26(31)17-16-25(29-30)33-24-14-4-19(3)5-15-24/h4-18H,1-3H3,(H,28,32). The topological polar surface area (TPSA) is 64.0 Å². The van der Waals surface area contributed by atoms with Crippen LogP contribution in [0.4, 0.5) is 5.69 Å². The Morgan fingerprint density at radius 1 is 0.879 bits per heavy atom. The molecule has 0 atom stereocenters. The Bertz CT molecular complexity index is 1310. The average Bonchev–Trinajstić information content (AvgIpc) is 2.82. The molecule has 5 nitrogen and oxygen atoms in total. The largest absolute Gasteiger partial charge is 0.322 e. The number of benzene rings is 3. The van der Waals surface area contributed by atoms with E-state index in [9.17, 15) is 9.59 Å². The number of carbonyl (C=O) groups excluding carboxylic acids is 1. The van der Waals surface area contributed by atoms with Crippen molar-refractivity contribution in [1.82, 2.24) is 9.78 Å². The SMILES string of the molecule is Cc1ccc(Sc2ccc(=O)n(-c3ccc(C(=O)Nc4ccc(C(C)C)cc4)cc3)n2)cc1. The molecule has 3 aromatic carbocycles. The summed E-state index contributed by atoms with van der Waals surface area (Å²) < 4.78 is 1.35. The van der Waals surface area contributed by atoms with Crippen LogP contribution in [0.15, 0.2) is 99.6 Å². The van der Waals surface area contributed by atoms with E-state index in [-0.39, 0.29) is 11.5 Å². The molecule has 166 valence electrons. The number of amides is 1. The summed E-state index contributed by atoms with van der Waals surface area (Å²) in [5, 5.41) is 8.11. The maximum atomic E-state index is 12.6. The lowest BCUT2D eigenvalue weighted by atomic mass is 10.0. The summed E-state index contributed by atoms with van der Waals surface area (Å²) in [6, 6.07) is 26.1. The number of aryl methyl sites for hydroxylation is 1. The van der Waals surface area contributed by atoms with Crippen molar-refractivity contribution >= 4 is 23.4 Å². The minimum Gasteiger partial charge on any atom is -0.322 e. The molecule has 0 aliphatic carbocycles. The van der Waals surface area contributed by atoms with Crippen LogP contribution in [0.2, 0.25) is 0 Å². The lowest BCUT2D eigenvalue weighted by Crippen LogP contribution is -2.20. The van der Waals surface area contributed by atoms with Gasteiger partial charge in [0.2, 0.25) is 0 Å². The van der Waals surface area contributed by atoms with Crippen LogP contribution in [0.1, 0.15) is 41.3 Å². The third kappa shape index (κ3) is 5.59. The Morgan fingerprint density at radius 2 is 1.55 bits per heavy atom. The van der Waals surface area contributed by atoms with Gasteiger partial charge < -0.3 is 5.32 Å². The third-order valence-corrected chi connectivity index (χ3v) is 6.16. The van der Waals surface area contributed by atoms with E-state index in [0.717, 1.165) is 10.6 Å². The molecule has 0 fully saturated rings. The van der Waals surface area contributed by atoms with Gasteiger partial charge in [0.25, 0.3) is 11.5 Å². The number of nitrogens with zero attached hydrogens (tertiary/aromatic N) is 2. The van der Waals surface area contributed by atoms with Crippen molar-refractivity contribution in [3.05, 3.63) is 112 Å². The zero-order valence-electron chi connectivity index (χ0n) is 18.8. The Hall–Kier alpha value is -3.64. The Kier molecular flexibility index (Phi) is 6.75. The van der Waals surface area contributed by atoms with Crippen molar-refractivity contribution < 1.29 is 4.79 Å². The lowest BCUT2D eigenvalue weighted by Gasteiger charge is -2.10. The molecular weight excluding hydrogens is 430 g/mol. The fraction of sp³-hybridized carbons (Fsp3) is 0.148. The van der Waals surface area contributed by atoms with Gasteiger partial charge in [0, 0.05) is 22.2 Å². The second-order valence-corrected chi connectivity index (χ2v) is 9.21. The van der Waals surface area contributed by atoms with Gasteiger partial charge in [-0.2, -0.15) is 9.78 Å². The number of anilines is 1. The van der Waals surface area contributed by atoms with E-state index in [2.05, 4.69) is 24.3 Å². The molecule has 0 saturated heterocycles. The molecule has 0 unspecified atom stereocenters. The first kappa shape index (κ1) is 22.6. The van der Waals surface area contributed by atoms with E-state index in [0.29, 0.717) is 22.2 Å². The minimum absolute atomic E-state index is 0.206. The maximum Gasteiger partial charge on any atom is 0.271 e. The molecule has 1 amide bonds. The predicted octanol–water partition coefficient (Wildman–Crippen LogP) is 6.07. The summed E-state index contributed by atoms with van der Waals surface area (Å²) in [5.41, 5.74) is 4.03. The number of nitrogens with one attached hydrogen (secondary N) is 1. The van der Waals surface area contributed by atoms with Gasteiger partial charge in [-0.3, -0.25) is 9.59 Å². The molecule has 0 radical (unpaired) electrons. The maximum absolute atomic E-state index is 12.6. The summed E-state index contributed by atoms with van der Waals surface area (Å²) in [6.45, 7) is 6.30. The van der Waals surface area contributed by atoms with Gasteiger partial charge in [-0.05, 0) is 73.0 Å². The number of aromatic nitrogens is 2. The van der Waals surface area contributed by atoms with Crippen LogP contribution in [-0.2, 0) is 0 Å². The quantitative estimate of drug-likeness (QED) is 0.383. The Labute approximate surface area is 197 Å². The van der Waals surface area contributed by atoms with Crippen molar-refractivity contribution in [3.63, 3.8) is 0 Å². The number of hydrogen-bond donors (Lipinski definition) is 1. The van der Waals surface area contributed by atoms with Crippen molar-refractivity contribution in [3.8, 4) is 5.69 Å². The first-order valence-corrected chi connectivity index (χ1v) is 11.6. The van der Waals surface area contributed by atoms with Crippen molar-refractivity contribution in [1.29, 1.82) is 0 Å². The van der Waals surface area contributed by atoms with Crippen LogP contribution in [0.5, 0.6) is 0 Å². The second kappa shape index (κ2) is 9.88. The van der Waals surface area contributed by atoms with E-state index < -0.39 is 0 Å². The van der Waals surface area contributed by atoms with Gasteiger partial charge in [-0.25, -0.2) is 0 Å². The highest BCUT2D eigenvalue weighted by Crippen LogP contribution is 2.25. The van der Waals surface area contributed by atoms with Crippen LogP contribution >= 0.6 is 11.8 Å².